The predicted molar refractivity (Wildman–Crippen MR) is 557 cm³/mol. The number of aliphatic carboxylic acids is 2. The van der Waals surface area contributed by atoms with E-state index in [1.807, 2.05) is 76.3 Å². The Bertz CT molecular complexity index is 4490. The molecule has 2 amide bonds. The fraction of sp³-hybridized carbons (Fsp3) is 0.739. The molecule has 6 N–H and O–H groups in total. The number of ketones is 4. The van der Waals surface area contributed by atoms with Crippen molar-refractivity contribution in [2.45, 2.75) is 379 Å². The van der Waals surface area contributed by atoms with E-state index in [1.165, 1.54) is 24.0 Å². The number of aliphatic hydroxyl groups excluding tert-OH is 2. The average molecular weight is 2070 g/mol. The van der Waals surface area contributed by atoms with Gasteiger partial charge in [-0.05, 0) is 243 Å². The van der Waals surface area contributed by atoms with Gasteiger partial charge in [0.05, 0.1) is 88.3 Å². The number of cyclic esters (lactones) is 2. The number of aliphatic hydroxyl groups is 4. The maximum absolute atomic E-state index is 14.6. The van der Waals surface area contributed by atoms with Crippen LogP contribution in [0.25, 0.3) is 0 Å². The summed E-state index contributed by atoms with van der Waals surface area (Å²) in [5, 5.41) is 65.8. The number of nitrogens with zero attached hydrogens (tertiary/aromatic N) is 2. The van der Waals surface area contributed by atoms with Crippen LogP contribution in [-0.4, -0.2) is 304 Å². The number of Topliss-reactive ketones (excluding diaryl/α,β-unsaturated/α-hetero) is 4. The molecule has 4 bridgehead atoms. The monoisotopic (exact) mass is 2070 g/mol. The molecule has 8 aliphatic rings. The van der Waals surface area contributed by atoms with Gasteiger partial charge in [0.15, 0.2) is 0 Å². The molecular formula is C115H180N2O30. The van der Waals surface area contributed by atoms with Crippen molar-refractivity contribution in [2.24, 2.45) is 71.0 Å². The fourth-order valence-corrected chi connectivity index (χ4v) is 22.0. The van der Waals surface area contributed by atoms with E-state index in [2.05, 4.69) is 53.0 Å². The molecule has 4 saturated heterocycles. The topological polar surface area (TPSA) is 428 Å². The molecule has 8 rings (SSSR count). The number of esters is 2. The smallest absolute Gasteiger partial charge is 0.329 e. The van der Waals surface area contributed by atoms with Crippen LogP contribution in [0.2, 0.25) is 0 Å². The van der Waals surface area contributed by atoms with Crippen LogP contribution in [0.1, 0.15) is 270 Å². The van der Waals surface area contributed by atoms with Gasteiger partial charge in [0.25, 0.3) is 23.4 Å². The van der Waals surface area contributed by atoms with Crippen molar-refractivity contribution >= 4 is 58.8 Å². The molecular weight excluding hydrogens is 1890 g/mol. The summed E-state index contributed by atoms with van der Waals surface area (Å²) in [4.78, 5) is 140. The summed E-state index contributed by atoms with van der Waals surface area (Å²) in [7, 11) is 9.46. The number of carboxylic acids is 2. The molecule has 32 nitrogen and oxygen atoms in total. The molecule has 2 saturated carbocycles. The van der Waals surface area contributed by atoms with Crippen LogP contribution in [0.3, 0.4) is 0 Å². The van der Waals surface area contributed by atoms with Gasteiger partial charge in [-0.25, -0.2) is 9.59 Å². The molecule has 147 heavy (non-hydrogen) atoms. The van der Waals surface area contributed by atoms with Gasteiger partial charge in [-0.15, -0.1) is 0 Å². The molecule has 0 spiro atoms. The second-order valence-corrected chi connectivity index (χ2v) is 43.1. The van der Waals surface area contributed by atoms with Crippen LogP contribution in [0.5, 0.6) is 0 Å². The molecule has 6 fully saturated rings. The van der Waals surface area contributed by atoms with Crippen LogP contribution < -0.4 is 0 Å². The van der Waals surface area contributed by atoms with E-state index in [4.69, 9.17) is 76.5 Å². The highest BCUT2D eigenvalue weighted by atomic mass is 16.7. The Balaban J connectivity index is 0.000000398. The Labute approximate surface area is 874 Å². The highest BCUT2D eigenvalue weighted by molar-refractivity contribution is 6.39. The normalized spacial score (nSPS) is 37.1. The van der Waals surface area contributed by atoms with Gasteiger partial charge in [0.1, 0.15) is 60.3 Å². The van der Waals surface area contributed by atoms with Gasteiger partial charge in [-0.3, -0.25) is 38.4 Å². The maximum atomic E-state index is 14.6. The van der Waals surface area contributed by atoms with Gasteiger partial charge < -0.3 is 107 Å². The molecule has 6 heterocycles. The third-order valence-corrected chi connectivity index (χ3v) is 31.5. The number of rotatable bonds is 27. The Morgan fingerprint density at radius 1 is 0.442 bits per heavy atom. The lowest BCUT2D eigenvalue weighted by Gasteiger charge is -2.43. The minimum atomic E-state index is -2.46. The molecule has 2 aliphatic carbocycles. The first-order valence-corrected chi connectivity index (χ1v) is 53.9. The fourth-order valence-electron chi connectivity index (χ4n) is 22.0. The first-order valence-electron chi connectivity index (χ1n) is 53.9. The minimum Gasteiger partial charge on any atom is -0.481 e. The zero-order chi connectivity index (χ0) is 109. The first kappa shape index (κ1) is 126. The van der Waals surface area contributed by atoms with Crippen molar-refractivity contribution in [2.75, 3.05) is 95.4 Å². The van der Waals surface area contributed by atoms with E-state index in [1.54, 1.807) is 82.1 Å². The van der Waals surface area contributed by atoms with Gasteiger partial charge >= 0.3 is 23.9 Å². The third kappa shape index (κ3) is 38.2. The largest absolute Gasteiger partial charge is 0.481 e. The Morgan fingerprint density at radius 3 is 1.20 bits per heavy atom. The lowest BCUT2D eigenvalue weighted by Crippen LogP contribution is -2.61. The second-order valence-electron chi connectivity index (χ2n) is 43.1. The number of amides is 2. The summed E-state index contributed by atoms with van der Waals surface area (Å²) >= 11 is 0. The summed E-state index contributed by atoms with van der Waals surface area (Å²) < 4.78 is 83.7. The van der Waals surface area contributed by atoms with Crippen LogP contribution in [0, 0.1) is 71.0 Å². The van der Waals surface area contributed by atoms with E-state index < -0.39 is 156 Å². The summed E-state index contributed by atoms with van der Waals surface area (Å²) in [6, 6.07) is -2.31. The highest BCUT2D eigenvalue weighted by Gasteiger charge is 2.56. The van der Waals surface area contributed by atoms with Crippen molar-refractivity contribution in [3.8, 4) is 0 Å². The van der Waals surface area contributed by atoms with E-state index >= 15 is 0 Å². The number of allylic oxidation sites excluding steroid dienone is 12. The zero-order valence-corrected chi connectivity index (χ0v) is 91.6. The highest BCUT2D eigenvalue weighted by Crippen LogP contribution is 2.43. The Hall–Kier alpha value is -7.74. The van der Waals surface area contributed by atoms with E-state index in [0.717, 1.165) is 48.0 Å². The number of hydrogen-bond acceptors (Lipinski definition) is 28. The average Bonchev–Trinajstić information content (AvgIpc) is 0.775. The predicted octanol–water partition coefficient (Wildman–Crippen LogP) is 15.8. The molecule has 30 atom stereocenters. The number of piperidine rings is 2. The summed E-state index contributed by atoms with van der Waals surface area (Å²) in [5.74, 6) is -16.1. The number of methoxy groups -OCH3 is 6. The van der Waals surface area contributed by atoms with Crippen LogP contribution in [0.15, 0.2) is 120 Å². The number of carbonyl (C=O) groups excluding carboxylic acids is 8. The first-order chi connectivity index (χ1) is 69.8. The Morgan fingerprint density at radius 2 is 0.830 bits per heavy atom. The molecule has 0 radical (unpaired) electrons. The van der Waals surface area contributed by atoms with Crippen LogP contribution >= 0.6 is 0 Å². The molecule has 30 unspecified atom stereocenters. The molecule has 6 aliphatic heterocycles. The lowest BCUT2D eigenvalue weighted by atomic mass is 9.78. The van der Waals surface area contributed by atoms with Crippen LogP contribution in [-0.2, 0) is 114 Å². The summed E-state index contributed by atoms with van der Waals surface area (Å²) in [6.07, 6.45) is 26.1. The van der Waals surface area contributed by atoms with Gasteiger partial charge in [-0.1, -0.05) is 155 Å². The van der Waals surface area contributed by atoms with Crippen molar-refractivity contribution in [1.82, 2.24) is 9.80 Å². The van der Waals surface area contributed by atoms with Crippen molar-refractivity contribution in [1.29, 1.82) is 0 Å². The zero-order valence-electron chi connectivity index (χ0n) is 91.6. The van der Waals surface area contributed by atoms with Crippen molar-refractivity contribution in [3.63, 3.8) is 0 Å². The number of ether oxygens (including phenoxy) is 14. The van der Waals surface area contributed by atoms with Crippen molar-refractivity contribution in [3.05, 3.63) is 120 Å². The summed E-state index contributed by atoms with van der Waals surface area (Å²) in [5.41, 5.74) is 4.28. The molecule has 0 aromatic carbocycles. The second kappa shape index (κ2) is 63.0. The molecule has 32 heteroatoms. The van der Waals surface area contributed by atoms with Gasteiger partial charge in [0, 0.05) is 118 Å². The van der Waals surface area contributed by atoms with Crippen LogP contribution in [0.4, 0.5) is 0 Å². The van der Waals surface area contributed by atoms with E-state index in [-0.39, 0.29) is 142 Å². The number of carbonyl (C=O) groups is 10. The van der Waals surface area contributed by atoms with E-state index in [0.29, 0.717) is 153 Å². The quantitative estimate of drug-likeness (QED) is 0.0192. The third-order valence-electron chi connectivity index (χ3n) is 31.5. The number of carboxylic acid groups (broad SMARTS) is 2. The van der Waals surface area contributed by atoms with E-state index in [9.17, 15) is 68.4 Å². The van der Waals surface area contributed by atoms with Gasteiger partial charge in [0.2, 0.25) is 11.6 Å². The molecule has 0 aromatic heterocycles. The SMILES string of the molecule is C=C1C(C)CC(C)/C=C/C=C/C=C(\C)C(OCCOC)CC2CCC(C)C(O)(O2)C(=O)C(=O)N2CCCCC2C(=O)OC(C(C)CC2CCC(OCCC(=O)O)C(OC)C2)CC(=O)C(C)/C=C(\C)C(O)C1OC.C=C1C(C)CC(C)/C=C/C=C/C=C(\C)C(OCCOC)CC2CCC(C)C(O)(O2)C(=O)C(=O)N2CCCCC2C(=O)OC(C(C)CC2CCC(OCCCC(=O)O)C(OC)C2)CC(=O)C(C)/C=C(\C)C(O)C1OC. The maximum Gasteiger partial charge on any atom is 0.329 e. The standard InChI is InChI=1S/C58H91NO15.C57H89NO15/c1-36-18-13-12-14-19-37(2)49(72-29-28-68-9)34-45-24-22-42(7)58(67,74-45)55(64)56(65)59-26-16-15-20-46(59)57(66)73-50(35-47(60)39(4)31-41(6)53(63)54(70-11)43(8)38(3)30-36)40(5)32-44-23-25-48(51(33-44)69-10)71-27-17-21-52(61)62;1-35-17-13-12-14-18-36(2)48(71-28-27-67-9)33-44-22-20-41(7)57(66,73-44)54(63)55(64)58-25-16-15-19-45(58)56(65)72-49(39(5)31-43-21-23-47(50(32-43)68-10)70-26-24-51(60)61)34-46(59)38(4)30-40(6)52(62)53(69-11)42(8)37(3)29-35/h12-14,18-19,31,36,38-40,42,44-46,48-51,53-54,63,67H,8,15-17,20-30,32-35H2,1-7,9-11H3,(H,61,62);12-14,17-18,30,35,37-39,41,43-45,47-50,52-53,62,66H,8,15-16,19-29,31-34H2,1-7,9-11H3,(H,60,61)/b14-12+,18-13+,37-19+,41-31+;14-12+,17-13+,36-18+,40-30+. The molecule has 830 valence electrons. The molecule has 0 aromatic rings. The van der Waals surface area contributed by atoms with Crippen molar-refractivity contribution < 1.29 is 145 Å². The number of fused-ring (bicyclic) bond motifs is 6. The van der Waals surface area contributed by atoms with Gasteiger partial charge in [-0.2, -0.15) is 0 Å². The summed E-state index contributed by atoms with van der Waals surface area (Å²) in [6.45, 7) is 36.9. The lowest BCUT2D eigenvalue weighted by molar-refractivity contribution is -0.266. The number of hydrogen-bond donors (Lipinski definition) is 6. The Kier molecular flexibility index (Phi) is 54.1. The minimum absolute atomic E-state index is 0.0146.